The molecule has 66 valence electrons. The van der Waals surface area contributed by atoms with E-state index >= 15 is 0 Å². The number of benzene rings is 1. The molecule has 0 aliphatic carbocycles. The van der Waals surface area contributed by atoms with Gasteiger partial charge in [0.05, 0.1) is 5.69 Å². The molecule has 0 heterocycles. The quantitative estimate of drug-likeness (QED) is 0.749. The molecular formula is C9H11ClFN. The monoisotopic (exact) mass is 187 g/mol. The molecule has 0 amide bonds. The second-order valence-electron chi connectivity index (χ2n) is 2.92. The summed E-state index contributed by atoms with van der Waals surface area (Å²) < 4.78 is 13.1. The Labute approximate surface area is 76.5 Å². The van der Waals surface area contributed by atoms with Crippen LogP contribution in [0.1, 0.15) is 13.8 Å². The highest BCUT2D eigenvalue weighted by molar-refractivity contribution is 6.30. The Morgan fingerprint density at radius 2 is 2.08 bits per heavy atom. The van der Waals surface area contributed by atoms with Crippen molar-refractivity contribution in [2.45, 2.75) is 19.9 Å². The average molecular weight is 188 g/mol. The molecule has 1 aromatic carbocycles. The van der Waals surface area contributed by atoms with Gasteiger partial charge in [-0.3, -0.25) is 0 Å². The number of hydrogen-bond acceptors (Lipinski definition) is 1. The van der Waals surface area contributed by atoms with E-state index in [2.05, 4.69) is 5.32 Å². The Balaban J connectivity index is 2.86. The molecule has 1 nitrogen and oxygen atoms in total. The number of anilines is 1. The summed E-state index contributed by atoms with van der Waals surface area (Å²) in [6.07, 6.45) is 0. The van der Waals surface area contributed by atoms with Gasteiger partial charge in [-0.05, 0) is 32.0 Å². The third-order valence-corrected chi connectivity index (χ3v) is 1.61. The van der Waals surface area contributed by atoms with Crippen LogP contribution in [-0.4, -0.2) is 6.04 Å². The molecule has 0 saturated heterocycles. The number of rotatable bonds is 2. The second kappa shape index (κ2) is 3.76. The van der Waals surface area contributed by atoms with Crippen molar-refractivity contribution in [2.24, 2.45) is 0 Å². The zero-order chi connectivity index (χ0) is 9.14. The zero-order valence-electron chi connectivity index (χ0n) is 7.07. The third-order valence-electron chi connectivity index (χ3n) is 1.38. The van der Waals surface area contributed by atoms with E-state index in [0.717, 1.165) is 0 Å². The van der Waals surface area contributed by atoms with Crippen LogP contribution in [0.15, 0.2) is 18.2 Å². The first-order chi connectivity index (χ1) is 5.59. The minimum absolute atomic E-state index is 0.223. The zero-order valence-corrected chi connectivity index (χ0v) is 7.82. The summed E-state index contributed by atoms with van der Waals surface area (Å²) in [4.78, 5) is 0. The van der Waals surface area contributed by atoms with E-state index in [9.17, 15) is 4.39 Å². The lowest BCUT2D eigenvalue weighted by molar-refractivity contribution is 0.628. The lowest BCUT2D eigenvalue weighted by Gasteiger charge is -2.10. The molecule has 12 heavy (non-hydrogen) atoms. The van der Waals surface area contributed by atoms with Gasteiger partial charge in [0.25, 0.3) is 0 Å². The van der Waals surface area contributed by atoms with Gasteiger partial charge in [0, 0.05) is 11.1 Å². The van der Waals surface area contributed by atoms with Gasteiger partial charge in [-0.15, -0.1) is 0 Å². The van der Waals surface area contributed by atoms with Crippen molar-refractivity contribution in [2.75, 3.05) is 5.32 Å². The molecule has 0 fully saturated rings. The van der Waals surface area contributed by atoms with E-state index in [1.807, 2.05) is 13.8 Å². The largest absolute Gasteiger partial charge is 0.381 e. The van der Waals surface area contributed by atoms with Crippen molar-refractivity contribution in [1.82, 2.24) is 0 Å². The lowest BCUT2D eigenvalue weighted by Crippen LogP contribution is -2.10. The third kappa shape index (κ3) is 2.38. The predicted molar refractivity (Wildman–Crippen MR) is 50.2 cm³/mol. The fraction of sp³-hybridized carbons (Fsp3) is 0.333. The molecule has 0 aliphatic heterocycles. The van der Waals surface area contributed by atoms with Gasteiger partial charge in [0.2, 0.25) is 0 Å². The van der Waals surface area contributed by atoms with Crippen LogP contribution in [0.4, 0.5) is 10.1 Å². The standard InChI is InChI=1S/C9H11ClFN/c1-6(2)12-9-4-3-7(10)5-8(9)11/h3-6,12H,1-2H3. The Hall–Kier alpha value is -0.760. The van der Waals surface area contributed by atoms with Crippen LogP contribution in [-0.2, 0) is 0 Å². The summed E-state index contributed by atoms with van der Waals surface area (Å²) in [5.74, 6) is -0.309. The van der Waals surface area contributed by atoms with E-state index in [1.54, 1.807) is 12.1 Å². The first-order valence-electron chi connectivity index (χ1n) is 3.81. The second-order valence-corrected chi connectivity index (χ2v) is 3.36. The van der Waals surface area contributed by atoms with Crippen molar-refractivity contribution in [1.29, 1.82) is 0 Å². The molecular weight excluding hydrogens is 177 g/mol. The van der Waals surface area contributed by atoms with Gasteiger partial charge in [-0.25, -0.2) is 4.39 Å². The van der Waals surface area contributed by atoms with Crippen LogP contribution in [0.2, 0.25) is 5.02 Å². The normalized spacial score (nSPS) is 10.4. The number of halogens is 2. The summed E-state index contributed by atoms with van der Waals surface area (Å²) in [6, 6.07) is 4.82. The van der Waals surface area contributed by atoms with Crippen LogP contribution in [0.5, 0.6) is 0 Å². The maximum Gasteiger partial charge on any atom is 0.147 e. The first-order valence-corrected chi connectivity index (χ1v) is 4.19. The van der Waals surface area contributed by atoms with E-state index in [4.69, 9.17) is 11.6 Å². The highest BCUT2D eigenvalue weighted by Crippen LogP contribution is 2.19. The first kappa shape index (κ1) is 9.33. The SMILES string of the molecule is CC(C)Nc1ccc(Cl)cc1F. The summed E-state index contributed by atoms with van der Waals surface area (Å²) in [5.41, 5.74) is 0.495. The highest BCUT2D eigenvalue weighted by Gasteiger charge is 2.02. The van der Waals surface area contributed by atoms with Gasteiger partial charge < -0.3 is 5.32 Å². The maximum absolute atomic E-state index is 13.1. The van der Waals surface area contributed by atoms with E-state index in [-0.39, 0.29) is 11.9 Å². The minimum atomic E-state index is -0.309. The Morgan fingerprint density at radius 1 is 1.42 bits per heavy atom. The van der Waals surface area contributed by atoms with E-state index in [0.29, 0.717) is 10.7 Å². The van der Waals surface area contributed by atoms with E-state index in [1.165, 1.54) is 6.07 Å². The van der Waals surface area contributed by atoms with Crippen molar-refractivity contribution in [3.8, 4) is 0 Å². The summed E-state index contributed by atoms with van der Waals surface area (Å²) >= 11 is 5.59. The van der Waals surface area contributed by atoms with Gasteiger partial charge in [-0.1, -0.05) is 11.6 Å². The molecule has 0 unspecified atom stereocenters. The highest BCUT2D eigenvalue weighted by atomic mass is 35.5. The fourth-order valence-electron chi connectivity index (χ4n) is 0.918. The number of hydrogen-bond donors (Lipinski definition) is 1. The predicted octanol–water partition coefficient (Wildman–Crippen LogP) is 3.30. The topological polar surface area (TPSA) is 12.0 Å². The van der Waals surface area contributed by atoms with Crippen LogP contribution >= 0.6 is 11.6 Å². The molecule has 1 rings (SSSR count). The number of nitrogens with one attached hydrogen (secondary N) is 1. The molecule has 0 atom stereocenters. The van der Waals surface area contributed by atoms with Crippen molar-refractivity contribution in [3.63, 3.8) is 0 Å². The smallest absolute Gasteiger partial charge is 0.147 e. The molecule has 3 heteroatoms. The molecule has 1 N–H and O–H groups in total. The van der Waals surface area contributed by atoms with Crippen LogP contribution in [0.25, 0.3) is 0 Å². The summed E-state index contributed by atoms with van der Waals surface area (Å²) in [5, 5.41) is 3.38. The Bertz CT molecular complexity index is 273. The average Bonchev–Trinajstić information content (AvgIpc) is 1.94. The Kier molecular flexibility index (Phi) is 2.93. The van der Waals surface area contributed by atoms with Gasteiger partial charge in [-0.2, -0.15) is 0 Å². The summed E-state index contributed by atoms with van der Waals surface area (Å²) in [6.45, 7) is 3.90. The van der Waals surface area contributed by atoms with Gasteiger partial charge >= 0.3 is 0 Å². The molecule has 0 aromatic heterocycles. The van der Waals surface area contributed by atoms with Gasteiger partial charge in [0.15, 0.2) is 0 Å². The van der Waals surface area contributed by atoms with Crippen molar-refractivity contribution >= 4 is 17.3 Å². The van der Waals surface area contributed by atoms with Crippen LogP contribution in [0, 0.1) is 5.82 Å². The minimum Gasteiger partial charge on any atom is -0.381 e. The fourth-order valence-corrected chi connectivity index (χ4v) is 1.08. The molecule has 0 saturated carbocycles. The molecule has 0 aliphatic rings. The molecule has 1 aromatic rings. The van der Waals surface area contributed by atoms with Crippen molar-refractivity contribution < 1.29 is 4.39 Å². The van der Waals surface area contributed by atoms with Gasteiger partial charge in [0.1, 0.15) is 5.82 Å². The molecule has 0 radical (unpaired) electrons. The molecule has 0 bridgehead atoms. The maximum atomic E-state index is 13.1. The molecule has 0 spiro atoms. The van der Waals surface area contributed by atoms with E-state index < -0.39 is 0 Å². The van der Waals surface area contributed by atoms with Crippen molar-refractivity contribution in [3.05, 3.63) is 29.0 Å². The lowest BCUT2D eigenvalue weighted by atomic mass is 10.3. The van der Waals surface area contributed by atoms with Crippen LogP contribution < -0.4 is 5.32 Å². The van der Waals surface area contributed by atoms with Crippen LogP contribution in [0.3, 0.4) is 0 Å². The summed E-state index contributed by atoms with van der Waals surface area (Å²) in [7, 11) is 0. The Morgan fingerprint density at radius 3 is 2.58 bits per heavy atom.